The highest BCUT2D eigenvalue weighted by Gasteiger charge is 2.22. The zero-order chi connectivity index (χ0) is 20.9. The minimum absolute atomic E-state index is 0.379. The molecule has 4 rings (SSSR count). The highest BCUT2D eigenvalue weighted by atomic mass is 16.5. The lowest BCUT2D eigenvalue weighted by molar-refractivity contribution is 0.0601. The minimum atomic E-state index is -0.379. The number of anilines is 5. The van der Waals surface area contributed by atoms with Gasteiger partial charge in [-0.25, -0.2) is 19.7 Å². The minimum Gasteiger partial charge on any atom is -0.465 e. The van der Waals surface area contributed by atoms with E-state index in [1.807, 2.05) is 18.2 Å². The van der Waals surface area contributed by atoms with Crippen LogP contribution in [0.25, 0.3) is 0 Å². The van der Waals surface area contributed by atoms with Gasteiger partial charge in [0.15, 0.2) is 11.6 Å². The molecule has 0 atom stereocenters. The fourth-order valence-corrected chi connectivity index (χ4v) is 3.37. The third kappa shape index (κ3) is 4.09. The molecule has 1 aromatic carbocycles. The number of benzene rings is 1. The number of aromatic nitrogens is 3. The van der Waals surface area contributed by atoms with Gasteiger partial charge >= 0.3 is 5.97 Å². The van der Waals surface area contributed by atoms with E-state index in [9.17, 15) is 4.79 Å². The molecule has 1 saturated heterocycles. The number of nitrogens with zero attached hydrogens (tertiary/aromatic N) is 5. The van der Waals surface area contributed by atoms with E-state index in [4.69, 9.17) is 10.5 Å². The summed E-state index contributed by atoms with van der Waals surface area (Å²) in [5.41, 5.74) is 8.11. The second-order valence-corrected chi connectivity index (χ2v) is 6.82. The van der Waals surface area contributed by atoms with Crippen LogP contribution in [0.3, 0.4) is 0 Å². The van der Waals surface area contributed by atoms with Crippen LogP contribution >= 0.6 is 0 Å². The molecule has 3 aromatic rings. The summed E-state index contributed by atoms with van der Waals surface area (Å²) in [5.74, 6) is 1.83. The number of rotatable bonds is 5. The van der Waals surface area contributed by atoms with Gasteiger partial charge in [-0.3, -0.25) is 0 Å². The zero-order valence-electron chi connectivity index (χ0n) is 16.7. The predicted molar refractivity (Wildman–Crippen MR) is 116 cm³/mol. The van der Waals surface area contributed by atoms with Gasteiger partial charge in [0, 0.05) is 38.1 Å². The van der Waals surface area contributed by atoms with Crippen LogP contribution in [0.5, 0.6) is 0 Å². The van der Waals surface area contributed by atoms with Crippen molar-refractivity contribution in [3.8, 4) is 0 Å². The third-order valence-electron chi connectivity index (χ3n) is 4.98. The topological polar surface area (TPSA) is 109 Å². The van der Waals surface area contributed by atoms with Gasteiger partial charge in [0.2, 0.25) is 0 Å². The standard InChI is InChI=1S/C21H23N7O2/c1-30-21(29)15-5-7-16(8-6-15)26-19-18(22)20(25-14-24-19)28-12-10-27(11-13-28)17-4-2-3-9-23-17/h2-9,14H,10-13,22H2,1H3,(H,24,25,26). The van der Waals surface area contributed by atoms with Gasteiger partial charge in [-0.2, -0.15) is 0 Å². The van der Waals surface area contributed by atoms with Crippen LogP contribution in [0.4, 0.5) is 28.8 Å². The van der Waals surface area contributed by atoms with Crippen molar-refractivity contribution in [1.82, 2.24) is 15.0 Å². The number of hydrogen-bond acceptors (Lipinski definition) is 9. The summed E-state index contributed by atoms with van der Waals surface area (Å²) in [6.45, 7) is 3.23. The van der Waals surface area contributed by atoms with E-state index in [-0.39, 0.29) is 5.97 Å². The molecule has 0 spiro atoms. The van der Waals surface area contributed by atoms with E-state index < -0.39 is 0 Å². The lowest BCUT2D eigenvalue weighted by atomic mass is 10.2. The lowest BCUT2D eigenvalue weighted by Gasteiger charge is -2.36. The van der Waals surface area contributed by atoms with Crippen LogP contribution in [0.2, 0.25) is 0 Å². The highest BCUT2D eigenvalue weighted by Crippen LogP contribution is 2.29. The molecule has 3 N–H and O–H groups in total. The smallest absolute Gasteiger partial charge is 0.337 e. The maximum absolute atomic E-state index is 11.6. The van der Waals surface area contributed by atoms with Crippen LogP contribution in [-0.4, -0.2) is 54.2 Å². The van der Waals surface area contributed by atoms with Crippen molar-refractivity contribution < 1.29 is 9.53 Å². The first-order chi connectivity index (χ1) is 14.7. The molecule has 9 heteroatoms. The van der Waals surface area contributed by atoms with Crippen molar-refractivity contribution in [1.29, 1.82) is 0 Å². The van der Waals surface area contributed by atoms with Crippen molar-refractivity contribution in [2.45, 2.75) is 0 Å². The molecule has 30 heavy (non-hydrogen) atoms. The Hall–Kier alpha value is -3.88. The molecule has 0 aliphatic carbocycles. The molecule has 154 valence electrons. The molecule has 0 saturated carbocycles. The normalized spacial score (nSPS) is 13.8. The van der Waals surface area contributed by atoms with Crippen molar-refractivity contribution in [3.63, 3.8) is 0 Å². The SMILES string of the molecule is COC(=O)c1ccc(Nc2ncnc(N3CCN(c4ccccn4)CC3)c2N)cc1. The number of pyridine rings is 1. The van der Waals surface area contributed by atoms with Gasteiger partial charge < -0.3 is 25.6 Å². The maximum Gasteiger partial charge on any atom is 0.337 e. The average Bonchev–Trinajstić information content (AvgIpc) is 2.81. The molecule has 3 heterocycles. The van der Waals surface area contributed by atoms with Gasteiger partial charge in [-0.05, 0) is 36.4 Å². The lowest BCUT2D eigenvalue weighted by Crippen LogP contribution is -2.47. The molecule has 0 amide bonds. The first-order valence-electron chi connectivity index (χ1n) is 9.62. The van der Waals surface area contributed by atoms with Gasteiger partial charge in [0.25, 0.3) is 0 Å². The van der Waals surface area contributed by atoms with Crippen molar-refractivity contribution in [2.75, 3.05) is 54.1 Å². The van der Waals surface area contributed by atoms with E-state index in [1.54, 1.807) is 30.5 Å². The van der Waals surface area contributed by atoms with Crippen LogP contribution < -0.4 is 20.9 Å². The second-order valence-electron chi connectivity index (χ2n) is 6.82. The Labute approximate surface area is 174 Å². The number of esters is 1. The molecular formula is C21H23N7O2. The number of ether oxygens (including phenoxy) is 1. The van der Waals surface area contributed by atoms with Crippen LogP contribution in [0, 0.1) is 0 Å². The molecule has 0 unspecified atom stereocenters. The van der Waals surface area contributed by atoms with Crippen molar-refractivity contribution in [3.05, 3.63) is 60.6 Å². The highest BCUT2D eigenvalue weighted by molar-refractivity contribution is 5.90. The Kier molecular flexibility index (Phi) is 5.60. The monoisotopic (exact) mass is 405 g/mol. The largest absolute Gasteiger partial charge is 0.465 e. The molecule has 2 aromatic heterocycles. The number of hydrogen-bond donors (Lipinski definition) is 2. The molecular weight excluding hydrogens is 382 g/mol. The molecule has 1 aliphatic heterocycles. The van der Waals surface area contributed by atoms with E-state index in [2.05, 4.69) is 30.1 Å². The number of carbonyl (C=O) groups excluding carboxylic acids is 1. The van der Waals surface area contributed by atoms with E-state index in [1.165, 1.54) is 13.4 Å². The fourth-order valence-electron chi connectivity index (χ4n) is 3.37. The maximum atomic E-state index is 11.6. The third-order valence-corrected chi connectivity index (χ3v) is 4.98. The van der Waals surface area contributed by atoms with Gasteiger partial charge in [-0.15, -0.1) is 0 Å². The van der Waals surface area contributed by atoms with Gasteiger partial charge in [0.1, 0.15) is 17.8 Å². The fraction of sp³-hybridized carbons (Fsp3) is 0.238. The van der Waals surface area contributed by atoms with Crippen LogP contribution in [-0.2, 0) is 4.74 Å². The van der Waals surface area contributed by atoms with Gasteiger partial charge in [0.05, 0.1) is 12.7 Å². The first kappa shape index (κ1) is 19.4. The summed E-state index contributed by atoms with van der Waals surface area (Å²) in [6, 6.07) is 12.8. The quantitative estimate of drug-likeness (QED) is 0.618. The molecule has 0 radical (unpaired) electrons. The Morgan fingerprint density at radius 1 is 1.00 bits per heavy atom. The van der Waals surface area contributed by atoms with Gasteiger partial charge in [-0.1, -0.05) is 6.07 Å². The van der Waals surface area contributed by atoms with Crippen molar-refractivity contribution in [2.24, 2.45) is 0 Å². The van der Waals surface area contributed by atoms with Crippen LogP contribution in [0.1, 0.15) is 10.4 Å². The first-order valence-corrected chi connectivity index (χ1v) is 9.62. The number of nitrogens with one attached hydrogen (secondary N) is 1. The second kappa shape index (κ2) is 8.64. The zero-order valence-corrected chi connectivity index (χ0v) is 16.7. The number of piperazine rings is 1. The number of nitrogen functional groups attached to an aromatic ring is 1. The Bertz CT molecular complexity index is 1000. The number of methoxy groups -OCH3 is 1. The molecule has 0 bridgehead atoms. The predicted octanol–water partition coefficient (Wildman–Crippen LogP) is 2.31. The Morgan fingerprint density at radius 2 is 1.73 bits per heavy atom. The summed E-state index contributed by atoms with van der Waals surface area (Å²) in [6.07, 6.45) is 3.31. The van der Waals surface area contributed by atoms with E-state index in [0.717, 1.165) is 37.7 Å². The summed E-state index contributed by atoms with van der Waals surface area (Å²) in [5, 5.41) is 3.20. The van der Waals surface area contributed by atoms with Crippen LogP contribution in [0.15, 0.2) is 55.0 Å². The average molecular weight is 405 g/mol. The van der Waals surface area contributed by atoms with Crippen molar-refractivity contribution >= 4 is 34.8 Å². The summed E-state index contributed by atoms with van der Waals surface area (Å²) >= 11 is 0. The summed E-state index contributed by atoms with van der Waals surface area (Å²) in [4.78, 5) is 29.1. The molecule has 1 aliphatic rings. The molecule has 9 nitrogen and oxygen atoms in total. The molecule has 1 fully saturated rings. The van der Waals surface area contributed by atoms with E-state index >= 15 is 0 Å². The summed E-state index contributed by atoms with van der Waals surface area (Å²) in [7, 11) is 1.35. The summed E-state index contributed by atoms with van der Waals surface area (Å²) < 4.78 is 4.72. The van der Waals surface area contributed by atoms with E-state index in [0.29, 0.717) is 22.9 Å². The number of nitrogens with two attached hydrogens (primary N) is 1. The number of carbonyl (C=O) groups is 1. The Balaban J connectivity index is 1.45. The Morgan fingerprint density at radius 3 is 2.40 bits per heavy atom.